The van der Waals surface area contributed by atoms with Gasteiger partial charge in [0.2, 0.25) is 0 Å². The zero-order valence-electron chi connectivity index (χ0n) is 13.8. The number of ether oxygens (including phenoxy) is 2. The molecule has 0 aliphatic carbocycles. The third-order valence-corrected chi connectivity index (χ3v) is 4.68. The SMILES string of the molecule is O=C(O)C1(CC2CC(c3ccc(OC(F)(F)F)cc3)=NO2)CCOCC1. The van der Waals surface area contributed by atoms with Crippen LogP contribution in [0.4, 0.5) is 13.2 Å². The van der Waals surface area contributed by atoms with Gasteiger partial charge in [0.05, 0.1) is 11.1 Å². The van der Waals surface area contributed by atoms with Crippen molar-refractivity contribution in [1.29, 1.82) is 0 Å². The quantitative estimate of drug-likeness (QED) is 0.857. The van der Waals surface area contributed by atoms with Gasteiger partial charge in [0.1, 0.15) is 11.9 Å². The lowest BCUT2D eigenvalue weighted by molar-refractivity contribution is -0.274. The Morgan fingerprint density at radius 2 is 1.92 bits per heavy atom. The standard InChI is InChI=1S/C17H18F3NO5/c18-17(19,20)25-12-3-1-11(2-4-12)14-9-13(26-21-14)10-16(15(22)23)5-7-24-8-6-16/h1-4,13H,5-10H2,(H,22,23). The van der Waals surface area contributed by atoms with Gasteiger partial charge in [-0.25, -0.2) is 0 Å². The molecule has 0 aromatic heterocycles. The van der Waals surface area contributed by atoms with Crippen LogP contribution in [0.25, 0.3) is 0 Å². The van der Waals surface area contributed by atoms with E-state index in [0.29, 0.717) is 50.2 Å². The summed E-state index contributed by atoms with van der Waals surface area (Å²) in [5.41, 5.74) is 0.290. The second-order valence-corrected chi connectivity index (χ2v) is 6.44. The van der Waals surface area contributed by atoms with Gasteiger partial charge < -0.3 is 19.4 Å². The van der Waals surface area contributed by atoms with Crippen LogP contribution in [0.1, 0.15) is 31.2 Å². The molecule has 1 atom stereocenters. The molecule has 0 radical (unpaired) electrons. The fraction of sp³-hybridized carbons (Fsp3) is 0.529. The van der Waals surface area contributed by atoms with Crippen molar-refractivity contribution in [1.82, 2.24) is 0 Å². The molecule has 1 aromatic carbocycles. The predicted octanol–water partition coefficient (Wildman–Crippen LogP) is 3.35. The van der Waals surface area contributed by atoms with Gasteiger partial charge in [-0.1, -0.05) is 5.16 Å². The van der Waals surface area contributed by atoms with Gasteiger partial charge >= 0.3 is 12.3 Å². The van der Waals surface area contributed by atoms with Crippen LogP contribution in [0.3, 0.4) is 0 Å². The predicted molar refractivity (Wildman–Crippen MR) is 83.9 cm³/mol. The second kappa shape index (κ2) is 7.14. The van der Waals surface area contributed by atoms with Crippen LogP contribution in [0.2, 0.25) is 0 Å². The number of carboxylic acid groups (broad SMARTS) is 1. The summed E-state index contributed by atoms with van der Waals surface area (Å²) in [5.74, 6) is -1.18. The Morgan fingerprint density at radius 3 is 2.50 bits per heavy atom. The first kappa shape index (κ1) is 18.5. The summed E-state index contributed by atoms with van der Waals surface area (Å²) in [5, 5.41) is 13.6. The number of hydrogen-bond acceptors (Lipinski definition) is 5. The van der Waals surface area contributed by atoms with E-state index in [9.17, 15) is 23.1 Å². The number of alkyl halides is 3. The molecule has 0 spiro atoms. The molecule has 2 aliphatic heterocycles. The minimum atomic E-state index is -4.74. The molecule has 9 heteroatoms. The average molecular weight is 373 g/mol. The molecule has 142 valence electrons. The number of carboxylic acids is 1. The van der Waals surface area contributed by atoms with Crippen molar-refractivity contribution in [3.8, 4) is 5.75 Å². The smallest absolute Gasteiger partial charge is 0.481 e. The van der Waals surface area contributed by atoms with Crippen molar-refractivity contribution in [3.63, 3.8) is 0 Å². The van der Waals surface area contributed by atoms with Crippen LogP contribution >= 0.6 is 0 Å². The zero-order chi connectivity index (χ0) is 18.8. The fourth-order valence-corrected chi connectivity index (χ4v) is 3.26. The van der Waals surface area contributed by atoms with Crippen LogP contribution in [0, 0.1) is 5.41 Å². The molecular weight excluding hydrogens is 355 g/mol. The topological polar surface area (TPSA) is 77.4 Å². The van der Waals surface area contributed by atoms with Crippen LogP contribution in [0.5, 0.6) is 5.75 Å². The first-order valence-corrected chi connectivity index (χ1v) is 8.17. The summed E-state index contributed by atoms with van der Waals surface area (Å²) in [6.07, 6.45) is -3.58. The Balaban J connectivity index is 1.62. The normalized spacial score (nSPS) is 22.4. The van der Waals surface area contributed by atoms with E-state index in [0.717, 1.165) is 0 Å². The van der Waals surface area contributed by atoms with Gasteiger partial charge in [-0.15, -0.1) is 13.2 Å². The molecule has 1 N–H and O–H groups in total. The maximum Gasteiger partial charge on any atom is 0.573 e. The third-order valence-electron chi connectivity index (χ3n) is 4.68. The highest BCUT2D eigenvalue weighted by Gasteiger charge is 2.44. The van der Waals surface area contributed by atoms with E-state index in [1.165, 1.54) is 24.3 Å². The second-order valence-electron chi connectivity index (χ2n) is 6.44. The van der Waals surface area contributed by atoms with Crippen molar-refractivity contribution in [2.45, 2.75) is 38.1 Å². The minimum absolute atomic E-state index is 0.313. The molecule has 2 aliphatic rings. The van der Waals surface area contributed by atoms with Crippen LogP contribution in [0.15, 0.2) is 29.4 Å². The number of halogens is 3. The number of hydrogen-bond donors (Lipinski definition) is 1. The van der Waals surface area contributed by atoms with Crippen LogP contribution in [-0.4, -0.2) is 42.5 Å². The molecule has 3 rings (SSSR count). The average Bonchev–Trinajstić information content (AvgIpc) is 3.03. The van der Waals surface area contributed by atoms with E-state index in [-0.39, 0.29) is 11.9 Å². The number of nitrogens with zero attached hydrogens (tertiary/aromatic N) is 1. The number of carbonyl (C=O) groups is 1. The van der Waals surface area contributed by atoms with Gasteiger partial charge in [-0.05, 0) is 42.7 Å². The highest BCUT2D eigenvalue weighted by Crippen LogP contribution is 2.38. The highest BCUT2D eigenvalue weighted by molar-refractivity contribution is 6.01. The zero-order valence-corrected chi connectivity index (χ0v) is 13.8. The summed E-state index contributed by atoms with van der Waals surface area (Å²) >= 11 is 0. The monoisotopic (exact) mass is 373 g/mol. The summed E-state index contributed by atoms with van der Waals surface area (Å²) in [6.45, 7) is 0.792. The number of rotatable bonds is 5. The Hall–Kier alpha value is -2.29. The van der Waals surface area contributed by atoms with E-state index in [4.69, 9.17) is 9.57 Å². The highest BCUT2D eigenvalue weighted by atomic mass is 19.4. The molecule has 0 bridgehead atoms. The minimum Gasteiger partial charge on any atom is -0.481 e. The fourth-order valence-electron chi connectivity index (χ4n) is 3.26. The molecular formula is C17H18F3NO5. The number of oxime groups is 1. The molecule has 1 fully saturated rings. The van der Waals surface area contributed by atoms with Crippen molar-refractivity contribution in [2.75, 3.05) is 13.2 Å². The van der Waals surface area contributed by atoms with Gasteiger partial charge in [-0.3, -0.25) is 4.79 Å². The van der Waals surface area contributed by atoms with Crippen molar-refractivity contribution < 1.29 is 37.4 Å². The van der Waals surface area contributed by atoms with Crippen LogP contribution < -0.4 is 4.74 Å². The lowest BCUT2D eigenvalue weighted by atomic mass is 9.75. The number of benzene rings is 1. The van der Waals surface area contributed by atoms with Crippen LogP contribution in [-0.2, 0) is 14.4 Å². The molecule has 1 unspecified atom stereocenters. The number of aliphatic carboxylic acids is 1. The summed E-state index contributed by atoms with van der Waals surface area (Å²) in [4.78, 5) is 17.1. The Bertz CT molecular complexity index is 681. The maximum absolute atomic E-state index is 12.2. The van der Waals surface area contributed by atoms with E-state index in [1.54, 1.807) is 0 Å². The van der Waals surface area contributed by atoms with E-state index in [2.05, 4.69) is 9.89 Å². The molecule has 2 heterocycles. The van der Waals surface area contributed by atoms with Gasteiger partial charge in [0.25, 0.3) is 0 Å². The first-order chi connectivity index (χ1) is 12.3. The van der Waals surface area contributed by atoms with Crippen molar-refractivity contribution in [2.24, 2.45) is 10.6 Å². The molecule has 0 saturated carbocycles. The van der Waals surface area contributed by atoms with E-state index >= 15 is 0 Å². The summed E-state index contributed by atoms with van der Waals surface area (Å²) in [6, 6.07) is 5.34. The Kier molecular flexibility index (Phi) is 5.08. The van der Waals surface area contributed by atoms with Crippen molar-refractivity contribution >= 4 is 11.7 Å². The Labute approximate surface area is 147 Å². The largest absolute Gasteiger partial charge is 0.573 e. The lowest BCUT2D eigenvalue weighted by Crippen LogP contribution is -2.40. The first-order valence-electron chi connectivity index (χ1n) is 8.17. The van der Waals surface area contributed by atoms with Gasteiger partial charge in [0, 0.05) is 26.1 Å². The molecule has 1 aromatic rings. The van der Waals surface area contributed by atoms with Gasteiger partial charge in [-0.2, -0.15) is 0 Å². The molecule has 1 saturated heterocycles. The van der Waals surface area contributed by atoms with Crippen molar-refractivity contribution in [3.05, 3.63) is 29.8 Å². The maximum atomic E-state index is 12.2. The van der Waals surface area contributed by atoms with E-state index in [1.807, 2.05) is 0 Å². The lowest BCUT2D eigenvalue weighted by Gasteiger charge is -2.34. The Morgan fingerprint density at radius 1 is 1.27 bits per heavy atom. The molecule has 6 nitrogen and oxygen atoms in total. The van der Waals surface area contributed by atoms with E-state index < -0.39 is 17.7 Å². The molecule has 0 amide bonds. The summed E-state index contributed by atoms with van der Waals surface area (Å²) in [7, 11) is 0. The third kappa shape index (κ3) is 4.27. The summed E-state index contributed by atoms with van der Waals surface area (Å²) < 4.78 is 45.7. The molecule has 26 heavy (non-hydrogen) atoms. The van der Waals surface area contributed by atoms with Gasteiger partial charge in [0.15, 0.2) is 0 Å².